The quantitative estimate of drug-likeness (QED) is 0.331. The SMILES string of the molecule is Cc1ccc2[nH]c3ccc(CCc4ccc5oc6ccc(C)cc6c5c4)cc3c2c1. The summed E-state index contributed by atoms with van der Waals surface area (Å²) >= 11 is 0. The smallest absolute Gasteiger partial charge is 0.135 e. The van der Waals surface area contributed by atoms with Gasteiger partial charge in [-0.1, -0.05) is 35.4 Å². The van der Waals surface area contributed by atoms with Gasteiger partial charge in [-0.05, 0) is 86.3 Å². The molecule has 0 aliphatic carbocycles. The fraction of sp³-hybridized carbons (Fsp3) is 0.143. The molecule has 2 heteroatoms. The lowest BCUT2D eigenvalue weighted by Gasteiger charge is -2.04. The summed E-state index contributed by atoms with van der Waals surface area (Å²) in [4.78, 5) is 3.53. The van der Waals surface area contributed by atoms with E-state index in [-0.39, 0.29) is 0 Å². The first kappa shape index (κ1) is 17.3. The summed E-state index contributed by atoms with van der Waals surface area (Å²) in [6.45, 7) is 4.28. The highest BCUT2D eigenvalue weighted by atomic mass is 16.3. The second-order valence-electron chi connectivity index (χ2n) is 8.49. The van der Waals surface area contributed by atoms with E-state index in [4.69, 9.17) is 4.42 Å². The lowest BCUT2D eigenvalue weighted by Crippen LogP contribution is -1.91. The van der Waals surface area contributed by atoms with Crippen LogP contribution in [-0.2, 0) is 12.8 Å². The molecule has 0 atom stereocenters. The summed E-state index contributed by atoms with van der Waals surface area (Å²) in [5.74, 6) is 0. The molecule has 0 unspecified atom stereocenters. The number of H-pyrrole nitrogens is 1. The first-order valence-electron chi connectivity index (χ1n) is 10.6. The Morgan fingerprint density at radius 3 is 1.83 bits per heavy atom. The van der Waals surface area contributed by atoms with Gasteiger partial charge in [0.25, 0.3) is 0 Å². The highest BCUT2D eigenvalue weighted by Gasteiger charge is 2.09. The summed E-state index contributed by atoms with van der Waals surface area (Å²) in [6.07, 6.45) is 2.04. The summed E-state index contributed by atoms with van der Waals surface area (Å²) in [6, 6.07) is 26.4. The van der Waals surface area contributed by atoms with Gasteiger partial charge in [0.15, 0.2) is 0 Å². The Morgan fingerprint density at radius 2 is 1.07 bits per heavy atom. The van der Waals surface area contributed by atoms with Crippen molar-refractivity contribution in [3.05, 3.63) is 95.1 Å². The number of rotatable bonds is 3. The van der Waals surface area contributed by atoms with E-state index in [1.807, 2.05) is 0 Å². The van der Waals surface area contributed by atoms with Crippen LogP contribution in [0.1, 0.15) is 22.3 Å². The van der Waals surface area contributed by atoms with Crippen LogP contribution in [0.2, 0.25) is 0 Å². The molecule has 146 valence electrons. The molecule has 30 heavy (non-hydrogen) atoms. The van der Waals surface area contributed by atoms with Gasteiger partial charge < -0.3 is 9.40 Å². The third-order valence-corrected chi connectivity index (χ3v) is 6.21. The molecule has 4 aromatic carbocycles. The first-order valence-corrected chi connectivity index (χ1v) is 10.6. The predicted octanol–water partition coefficient (Wildman–Crippen LogP) is 7.62. The van der Waals surface area contributed by atoms with Gasteiger partial charge in [0.2, 0.25) is 0 Å². The van der Waals surface area contributed by atoms with E-state index in [2.05, 4.69) is 91.6 Å². The summed E-state index contributed by atoms with van der Waals surface area (Å²) in [7, 11) is 0. The number of benzene rings is 4. The van der Waals surface area contributed by atoms with Crippen LogP contribution in [0.15, 0.2) is 77.2 Å². The molecular weight excluding hydrogens is 366 g/mol. The van der Waals surface area contributed by atoms with Crippen molar-refractivity contribution < 1.29 is 4.42 Å². The molecule has 2 nitrogen and oxygen atoms in total. The van der Waals surface area contributed by atoms with Crippen molar-refractivity contribution in [3.8, 4) is 0 Å². The lowest BCUT2D eigenvalue weighted by molar-refractivity contribution is 0.668. The number of furan rings is 1. The van der Waals surface area contributed by atoms with Crippen LogP contribution < -0.4 is 0 Å². The van der Waals surface area contributed by atoms with Crippen LogP contribution in [0.5, 0.6) is 0 Å². The van der Waals surface area contributed by atoms with Gasteiger partial charge >= 0.3 is 0 Å². The van der Waals surface area contributed by atoms with Gasteiger partial charge in [-0.25, -0.2) is 0 Å². The summed E-state index contributed by atoms with van der Waals surface area (Å²) in [5, 5.41) is 5.06. The van der Waals surface area contributed by atoms with Crippen LogP contribution in [0, 0.1) is 13.8 Å². The van der Waals surface area contributed by atoms with Crippen molar-refractivity contribution >= 4 is 43.7 Å². The van der Waals surface area contributed by atoms with Crippen LogP contribution in [0.25, 0.3) is 43.7 Å². The molecule has 2 aromatic heterocycles. The van der Waals surface area contributed by atoms with Crippen molar-refractivity contribution in [3.63, 3.8) is 0 Å². The molecule has 0 aliphatic rings. The Labute approximate surface area is 175 Å². The van der Waals surface area contributed by atoms with Gasteiger partial charge in [-0.3, -0.25) is 0 Å². The van der Waals surface area contributed by atoms with Crippen LogP contribution in [0.3, 0.4) is 0 Å². The zero-order valence-electron chi connectivity index (χ0n) is 17.3. The maximum atomic E-state index is 6.01. The van der Waals surface area contributed by atoms with Crippen molar-refractivity contribution in [2.24, 2.45) is 0 Å². The Bertz CT molecular complexity index is 1440. The zero-order chi connectivity index (χ0) is 20.2. The monoisotopic (exact) mass is 389 g/mol. The third kappa shape index (κ3) is 2.80. The molecule has 2 heterocycles. The first-order chi connectivity index (χ1) is 14.6. The molecule has 0 aliphatic heterocycles. The minimum absolute atomic E-state index is 0.966. The highest BCUT2D eigenvalue weighted by Crippen LogP contribution is 2.31. The Hall–Kier alpha value is -3.52. The number of nitrogens with one attached hydrogen (secondary N) is 1. The molecule has 6 aromatic rings. The van der Waals surface area contributed by atoms with Crippen LogP contribution in [-0.4, -0.2) is 4.98 Å². The standard InChI is InChI=1S/C28H23NO/c1-17-3-9-25-21(13-17)22-15-19(7-10-26(22)29-25)5-6-20-8-12-28-24(16-20)23-14-18(2)4-11-27(23)30-28/h3-4,7-16,29H,5-6H2,1-2H3. The second kappa shape index (κ2) is 6.50. The van der Waals surface area contributed by atoms with Gasteiger partial charge in [0.1, 0.15) is 11.2 Å². The number of aromatic nitrogens is 1. The molecule has 0 radical (unpaired) electrons. The van der Waals surface area contributed by atoms with E-state index in [1.165, 1.54) is 54.8 Å². The van der Waals surface area contributed by atoms with E-state index < -0.39 is 0 Å². The average molecular weight is 389 g/mol. The predicted molar refractivity (Wildman–Crippen MR) is 126 cm³/mol. The summed E-state index contributed by atoms with van der Waals surface area (Å²) < 4.78 is 6.01. The van der Waals surface area contributed by atoms with E-state index in [0.29, 0.717) is 0 Å². The van der Waals surface area contributed by atoms with Crippen molar-refractivity contribution in [2.75, 3.05) is 0 Å². The maximum Gasteiger partial charge on any atom is 0.135 e. The molecule has 0 spiro atoms. The van der Waals surface area contributed by atoms with Gasteiger partial charge in [-0.15, -0.1) is 0 Å². The second-order valence-corrected chi connectivity index (χ2v) is 8.49. The minimum atomic E-state index is 0.966. The van der Waals surface area contributed by atoms with Crippen LogP contribution >= 0.6 is 0 Å². The number of aromatic amines is 1. The van der Waals surface area contributed by atoms with E-state index in [0.717, 1.165) is 24.0 Å². The molecule has 6 rings (SSSR count). The van der Waals surface area contributed by atoms with Crippen molar-refractivity contribution in [1.29, 1.82) is 0 Å². The van der Waals surface area contributed by atoms with Gasteiger partial charge in [0, 0.05) is 32.6 Å². The van der Waals surface area contributed by atoms with Crippen molar-refractivity contribution in [2.45, 2.75) is 26.7 Å². The fourth-order valence-electron chi connectivity index (χ4n) is 4.60. The number of hydrogen-bond acceptors (Lipinski definition) is 1. The zero-order valence-corrected chi connectivity index (χ0v) is 17.3. The Balaban J connectivity index is 1.34. The fourth-order valence-corrected chi connectivity index (χ4v) is 4.60. The molecule has 0 saturated heterocycles. The molecule has 0 bridgehead atoms. The van der Waals surface area contributed by atoms with Crippen molar-refractivity contribution in [1.82, 2.24) is 4.98 Å². The van der Waals surface area contributed by atoms with Gasteiger partial charge in [0.05, 0.1) is 0 Å². The van der Waals surface area contributed by atoms with E-state index in [1.54, 1.807) is 0 Å². The molecule has 0 saturated carbocycles. The topological polar surface area (TPSA) is 28.9 Å². The van der Waals surface area contributed by atoms with E-state index in [9.17, 15) is 0 Å². The largest absolute Gasteiger partial charge is 0.456 e. The molecule has 1 N–H and O–H groups in total. The minimum Gasteiger partial charge on any atom is -0.456 e. The molecular formula is C28H23NO. The van der Waals surface area contributed by atoms with Crippen LogP contribution in [0.4, 0.5) is 0 Å². The average Bonchev–Trinajstić information content (AvgIpc) is 3.29. The highest BCUT2D eigenvalue weighted by molar-refractivity contribution is 6.07. The van der Waals surface area contributed by atoms with E-state index >= 15 is 0 Å². The number of aryl methyl sites for hydroxylation is 4. The molecule has 0 amide bonds. The number of fused-ring (bicyclic) bond motifs is 6. The molecule has 0 fully saturated rings. The Morgan fingerprint density at radius 1 is 0.567 bits per heavy atom. The van der Waals surface area contributed by atoms with Gasteiger partial charge in [-0.2, -0.15) is 0 Å². The Kier molecular flexibility index (Phi) is 3.76. The normalized spacial score (nSPS) is 11.9. The lowest BCUT2D eigenvalue weighted by atomic mass is 10.0. The number of hydrogen-bond donors (Lipinski definition) is 1. The third-order valence-electron chi connectivity index (χ3n) is 6.21. The summed E-state index contributed by atoms with van der Waals surface area (Å²) in [5.41, 5.74) is 9.63. The maximum absolute atomic E-state index is 6.01.